The van der Waals surface area contributed by atoms with Gasteiger partial charge in [-0.1, -0.05) is 12.1 Å². The van der Waals surface area contributed by atoms with Gasteiger partial charge in [-0.3, -0.25) is 9.59 Å². The third-order valence-corrected chi connectivity index (χ3v) is 6.86. The van der Waals surface area contributed by atoms with Gasteiger partial charge in [0, 0.05) is 42.9 Å². The first kappa shape index (κ1) is 26.0. The molecule has 0 spiro atoms. The SMILES string of the molecule is C#CCCC1(CCC(C(=O)CCc2ccc(O)cc2)C(=O)NCCc2c[nH]c3ccc(OC)cc23)N=N1. The van der Waals surface area contributed by atoms with Gasteiger partial charge < -0.3 is 20.1 Å². The summed E-state index contributed by atoms with van der Waals surface area (Å²) in [4.78, 5) is 29.6. The second kappa shape index (κ2) is 11.7. The number of rotatable bonds is 14. The van der Waals surface area contributed by atoms with E-state index in [1.165, 1.54) is 0 Å². The van der Waals surface area contributed by atoms with Gasteiger partial charge in [-0.15, -0.1) is 12.3 Å². The van der Waals surface area contributed by atoms with Crippen LogP contribution in [0.15, 0.2) is 58.9 Å². The van der Waals surface area contributed by atoms with Crippen LogP contribution in [0.1, 0.15) is 43.2 Å². The summed E-state index contributed by atoms with van der Waals surface area (Å²) in [6.07, 6.45) is 10.7. The van der Waals surface area contributed by atoms with Crippen molar-refractivity contribution in [3.8, 4) is 23.8 Å². The number of hydrogen-bond acceptors (Lipinski definition) is 6. The molecule has 0 saturated heterocycles. The topological polar surface area (TPSA) is 116 Å². The fourth-order valence-electron chi connectivity index (χ4n) is 4.52. The molecule has 4 rings (SSSR count). The number of aryl methyl sites for hydroxylation is 1. The summed E-state index contributed by atoms with van der Waals surface area (Å²) in [6.45, 7) is 0.404. The molecule has 0 saturated carbocycles. The summed E-state index contributed by atoms with van der Waals surface area (Å²) in [7, 11) is 1.63. The van der Waals surface area contributed by atoms with Crippen LogP contribution in [0.2, 0.25) is 0 Å². The summed E-state index contributed by atoms with van der Waals surface area (Å²) in [5, 5.41) is 21.8. The van der Waals surface area contributed by atoms with Gasteiger partial charge in [-0.25, -0.2) is 0 Å². The molecule has 0 radical (unpaired) electrons. The molecule has 1 atom stereocenters. The second-order valence-corrected chi connectivity index (χ2v) is 9.38. The van der Waals surface area contributed by atoms with Crippen molar-refractivity contribution < 1.29 is 19.4 Å². The van der Waals surface area contributed by atoms with Crippen LogP contribution in [-0.4, -0.2) is 41.1 Å². The molecule has 1 aliphatic rings. The van der Waals surface area contributed by atoms with E-state index >= 15 is 0 Å². The highest BCUT2D eigenvalue weighted by molar-refractivity contribution is 6.01. The normalized spacial score (nSPS) is 14.2. The zero-order valence-electron chi connectivity index (χ0n) is 21.0. The zero-order chi connectivity index (χ0) is 26.3. The van der Waals surface area contributed by atoms with Crippen LogP contribution < -0.4 is 10.1 Å². The molecule has 8 heteroatoms. The minimum absolute atomic E-state index is 0.116. The van der Waals surface area contributed by atoms with E-state index in [1.807, 2.05) is 24.4 Å². The minimum Gasteiger partial charge on any atom is -0.508 e. The predicted octanol–water partition coefficient (Wildman–Crippen LogP) is 4.71. The quantitative estimate of drug-likeness (QED) is 0.219. The third-order valence-electron chi connectivity index (χ3n) is 6.86. The Bertz CT molecular complexity index is 1310. The lowest BCUT2D eigenvalue weighted by molar-refractivity contribution is -0.134. The minimum atomic E-state index is -0.783. The number of fused-ring (bicyclic) bond motifs is 1. The number of nitrogens with zero attached hydrogens (tertiary/aromatic N) is 2. The van der Waals surface area contributed by atoms with Crippen molar-refractivity contribution in [2.75, 3.05) is 13.7 Å². The fourth-order valence-corrected chi connectivity index (χ4v) is 4.52. The lowest BCUT2D eigenvalue weighted by Gasteiger charge is -2.18. The zero-order valence-corrected chi connectivity index (χ0v) is 21.0. The van der Waals surface area contributed by atoms with E-state index in [-0.39, 0.29) is 23.9 Å². The molecule has 1 amide bonds. The Hall–Kier alpha value is -4.12. The fraction of sp³-hybridized carbons (Fsp3) is 0.379. The summed E-state index contributed by atoms with van der Waals surface area (Å²) in [5.74, 6) is 2.38. The smallest absolute Gasteiger partial charge is 0.230 e. The molecule has 0 aliphatic carbocycles. The molecule has 2 aromatic carbocycles. The molecule has 192 valence electrons. The van der Waals surface area contributed by atoms with Gasteiger partial charge in [0.25, 0.3) is 0 Å². The molecule has 8 nitrogen and oxygen atoms in total. The third kappa shape index (κ3) is 6.76. The summed E-state index contributed by atoms with van der Waals surface area (Å²) in [6, 6.07) is 12.6. The van der Waals surface area contributed by atoms with Crippen LogP contribution in [0.3, 0.4) is 0 Å². The number of H-pyrrole nitrogens is 1. The van der Waals surface area contributed by atoms with Gasteiger partial charge in [-0.05, 0) is 67.1 Å². The number of carbonyl (C=O) groups excluding carboxylic acids is 2. The standard InChI is InChI=1S/C29H32N4O4/c1-3-4-15-29(32-33-29)16-13-24(27(35)12-7-20-5-8-22(34)9-6-20)28(36)30-17-14-21-19-31-26-11-10-23(37-2)18-25(21)26/h1,5-6,8-11,18-19,24,31,34H,4,7,12-17H2,2H3,(H,30,36). The molecular formula is C29H32N4O4. The van der Waals surface area contributed by atoms with E-state index in [2.05, 4.69) is 26.4 Å². The van der Waals surface area contributed by atoms with Crippen molar-refractivity contribution in [1.29, 1.82) is 0 Å². The highest BCUT2D eigenvalue weighted by Crippen LogP contribution is 2.39. The summed E-state index contributed by atoms with van der Waals surface area (Å²) < 4.78 is 5.33. The first-order chi connectivity index (χ1) is 17.9. The molecule has 2 heterocycles. The van der Waals surface area contributed by atoms with Crippen LogP contribution >= 0.6 is 0 Å². The Morgan fingerprint density at radius 1 is 1.16 bits per heavy atom. The van der Waals surface area contributed by atoms with Crippen molar-refractivity contribution in [3.05, 3.63) is 59.8 Å². The first-order valence-corrected chi connectivity index (χ1v) is 12.5. The molecule has 0 fully saturated rings. The van der Waals surface area contributed by atoms with Crippen molar-refractivity contribution in [2.45, 2.75) is 50.6 Å². The number of nitrogens with one attached hydrogen (secondary N) is 2. The van der Waals surface area contributed by atoms with Crippen molar-refractivity contribution in [3.63, 3.8) is 0 Å². The van der Waals surface area contributed by atoms with Crippen LogP contribution in [0.5, 0.6) is 11.5 Å². The van der Waals surface area contributed by atoms with Crippen LogP contribution in [0.4, 0.5) is 0 Å². The Morgan fingerprint density at radius 3 is 2.65 bits per heavy atom. The molecule has 1 aromatic heterocycles. The molecule has 3 aromatic rings. The second-order valence-electron chi connectivity index (χ2n) is 9.38. The molecule has 3 N–H and O–H groups in total. The lowest BCUT2D eigenvalue weighted by atomic mass is 9.89. The number of methoxy groups -OCH3 is 1. The summed E-state index contributed by atoms with van der Waals surface area (Å²) in [5.41, 5.74) is 2.44. The maximum atomic E-state index is 13.2. The average molecular weight is 501 g/mol. The molecule has 37 heavy (non-hydrogen) atoms. The van der Waals surface area contributed by atoms with E-state index < -0.39 is 11.6 Å². The Labute approximate surface area is 216 Å². The Morgan fingerprint density at radius 2 is 1.95 bits per heavy atom. The van der Waals surface area contributed by atoms with Gasteiger partial charge >= 0.3 is 0 Å². The first-order valence-electron chi connectivity index (χ1n) is 12.5. The van der Waals surface area contributed by atoms with Crippen LogP contribution in [-0.2, 0) is 22.4 Å². The van der Waals surface area contributed by atoms with E-state index in [0.717, 1.165) is 27.8 Å². The number of phenolic OH excluding ortho intramolecular Hbond substituents is 1. The Kier molecular flexibility index (Phi) is 8.24. The van der Waals surface area contributed by atoms with E-state index in [4.69, 9.17) is 11.2 Å². The molecule has 1 unspecified atom stereocenters. The number of phenols is 1. The number of terminal acetylenes is 1. The number of amides is 1. The maximum Gasteiger partial charge on any atom is 0.230 e. The number of ketones is 1. The average Bonchev–Trinajstić information content (AvgIpc) is 3.57. The van der Waals surface area contributed by atoms with Crippen LogP contribution in [0.25, 0.3) is 10.9 Å². The number of hydrogen-bond donors (Lipinski definition) is 3. The monoisotopic (exact) mass is 500 g/mol. The Balaban J connectivity index is 1.37. The van der Waals surface area contributed by atoms with Gasteiger partial charge in [0.2, 0.25) is 5.91 Å². The number of ether oxygens (including phenoxy) is 1. The lowest BCUT2D eigenvalue weighted by Crippen LogP contribution is -2.37. The van der Waals surface area contributed by atoms with Gasteiger partial charge in [0.05, 0.1) is 13.0 Å². The van der Waals surface area contributed by atoms with Crippen molar-refractivity contribution >= 4 is 22.6 Å². The molecule has 0 bridgehead atoms. The number of aromatic hydroxyl groups is 1. The largest absolute Gasteiger partial charge is 0.508 e. The molecular weight excluding hydrogens is 468 g/mol. The van der Waals surface area contributed by atoms with E-state index in [0.29, 0.717) is 45.1 Å². The number of Topliss-reactive ketones (excluding diaryl/α,β-unsaturated/α-hetero) is 1. The maximum absolute atomic E-state index is 13.2. The number of carbonyl (C=O) groups is 2. The van der Waals surface area contributed by atoms with Crippen LogP contribution in [0, 0.1) is 18.3 Å². The van der Waals surface area contributed by atoms with Gasteiger partial charge in [0.1, 0.15) is 17.3 Å². The van der Waals surface area contributed by atoms with Crippen molar-refractivity contribution in [2.24, 2.45) is 16.1 Å². The highest BCUT2D eigenvalue weighted by Gasteiger charge is 2.41. The van der Waals surface area contributed by atoms with Gasteiger partial charge in [-0.2, -0.15) is 10.2 Å². The van der Waals surface area contributed by atoms with Crippen molar-refractivity contribution in [1.82, 2.24) is 10.3 Å². The molecule has 1 aliphatic heterocycles. The highest BCUT2D eigenvalue weighted by atomic mass is 16.5. The predicted molar refractivity (Wildman–Crippen MR) is 141 cm³/mol. The van der Waals surface area contributed by atoms with E-state index in [9.17, 15) is 14.7 Å². The van der Waals surface area contributed by atoms with E-state index in [1.54, 1.807) is 31.4 Å². The van der Waals surface area contributed by atoms with Gasteiger partial charge in [0.15, 0.2) is 5.66 Å². The number of aromatic nitrogens is 1. The number of benzene rings is 2. The number of aromatic amines is 1. The summed E-state index contributed by atoms with van der Waals surface area (Å²) >= 11 is 0.